The number of aromatic amines is 1. The highest BCUT2D eigenvalue weighted by molar-refractivity contribution is 6.35. The van der Waals surface area contributed by atoms with Crippen molar-refractivity contribution in [3.05, 3.63) is 46.6 Å². The zero-order valence-corrected chi connectivity index (χ0v) is 17.8. The number of piperazine rings is 1. The van der Waals surface area contributed by atoms with Crippen molar-refractivity contribution in [3.8, 4) is 0 Å². The first-order valence-corrected chi connectivity index (χ1v) is 10.1. The molecule has 158 valence electrons. The fraction of sp³-hybridized carbons (Fsp3) is 0.350. The highest BCUT2D eigenvalue weighted by Crippen LogP contribution is 2.31. The van der Waals surface area contributed by atoms with Crippen LogP contribution in [0.2, 0.25) is 5.02 Å². The largest absolute Gasteiger partial charge is 0.398 e. The fourth-order valence-electron chi connectivity index (χ4n) is 3.95. The van der Waals surface area contributed by atoms with E-state index in [2.05, 4.69) is 39.1 Å². The number of amidine groups is 1. The van der Waals surface area contributed by atoms with Gasteiger partial charge in [0.05, 0.1) is 10.6 Å². The average Bonchev–Trinajstić information content (AvgIpc) is 3.01. The summed E-state index contributed by atoms with van der Waals surface area (Å²) < 4.78 is 15.8. The summed E-state index contributed by atoms with van der Waals surface area (Å²) in [5.74, 6) is 0.189. The van der Waals surface area contributed by atoms with Crippen LogP contribution in [0.25, 0.3) is 5.65 Å². The molecular weight excluding hydrogens is 407 g/mol. The molecule has 2 aromatic heterocycles. The number of H-pyrrole nitrogens is 1. The van der Waals surface area contributed by atoms with E-state index in [4.69, 9.17) is 23.1 Å². The number of nitrogens with two attached hydrogens (primary N) is 2. The summed E-state index contributed by atoms with van der Waals surface area (Å²) in [5, 5.41) is 6.82. The fourth-order valence-corrected chi connectivity index (χ4v) is 4.27. The molecule has 3 aromatic rings. The maximum atomic E-state index is 14.3. The quantitative estimate of drug-likeness (QED) is 0.219. The highest BCUT2D eigenvalue weighted by atomic mass is 35.5. The molecule has 8 nitrogen and oxygen atoms in total. The van der Waals surface area contributed by atoms with Gasteiger partial charge in [0.2, 0.25) is 11.6 Å². The lowest BCUT2D eigenvalue weighted by Gasteiger charge is -2.38. The zero-order chi connectivity index (χ0) is 21.6. The van der Waals surface area contributed by atoms with Crippen LogP contribution in [0, 0.1) is 12.7 Å². The molecule has 0 bridgehead atoms. The monoisotopic (exact) mass is 431 g/mol. The number of anilines is 2. The van der Waals surface area contributed by atoms with E-state index in [1.165, 1.54) is 10.6 Å². The Morgan fingerprint density at radius 2 is 2.00 bits per heavy atom. The molecular formula is C20H25ClFN8+. The van der Waals surface area contributed by atoms with Gasteiger partial charge in [-0.3, -0.25) is 0 Å². The van der Waals surface area contributed by atoms with Crippen molar-refractivity contribution >= 4 is 40.1 Å². The van der Waals surface area contributed by atoms with Crippen LogP contribution in [0.1, 0.15) is 25.2 Å². The molecule has 0 spiro atoms. The van der Waals surface area contributed by atoms with E-state index in [-0.39, 0.29) is 11.5 Å². The number of aromatic nitrogens is 3. The third kappa shape index (κ3) is 3.90. The van der Waals surface area contributed by atoms with E-state index in [0.717, 1.165) is 18.8 Å². The van der Waals surface area contributed by atoms with Gasteiger partial charge in [0, 0.05) is 49.5 Å². The first-order chi connectivity index (χ1) is 14.2. The number of aliphatic imine (C=N–C) groups is 1. The van der Waals surface area contributed by atoms with E-state index in [1.54, 1.807) is 13.1 Å². The SMILES string of the molecule is Cc1nc2c(F)cc(N=C(N)c3c(N)cc(N4CC(C)NC(C)C4)cc3Cl)c[n+]2[nH]1. The third-order valence-corrected chi connectivity index (χ3v) is 5.37. The number of nitrogen functional groups attached to an aromatic ring is 1. The highest BCUT2D eigenvalue weighted by Gasteiger charge is 2.23. The second kappa shape index (κ2) is 7.73. The number of nitrogens with zero attached hydrogens (tertiary/aromatic N) is 4. The standard InChI is InChI=1S/C20H24ClFN8/c1-10-7-29(8-11(2)25-10)14-5-15(21)18(17(23)6-14)19(24)27-13-4-16(22)20-26-12(3)28-30(20)9-13/h4-6,9-11,25H,7-8H2,1-3H3,(H4,23,24,27)/p+1. The summed E-state index contributed by atoms with van der Waals surface area (Å²) in [5.41, 5.74) is 14.8. The van der Waals surface area contributed by atoms with Crippen LogP contribution in [0.3, 0.4) is 0 Å². The van der Waals surface area contributed by atoms with Crippen LogP contribution in [0.15, 0.2) is 29.4 Å². The summed E-state index contributed by atoms with van der Waals surface area (Å²) >= 11 is 6.54. The van der Waals surface area contributed by atoms with E-state index in [9.17, 15) is 4.39 Å². The minimum absolute atomic E-state index is 0.113. The number of rotatable bonds is 3. The van der Waals surface area contributed by atoms with Crippen molar-refractivity contribution in [1.82, 2.24) is 15.4 Å². The van der Waals surface area contributed by atoms with Crippen LogP contribution < -0.4 is 26.2 Å². The Balaban J connectivity index is 1.68. The number of fused-ring (bicyclic) bond motifs is 1. The Morgan fingerprint density at radius 3 is 2.67 bits per heavy atom. The molecule has 3 heterocycles. The van der Waals surface area contributed by atoms with Crippen molar-refractivity contribution in [1.29, 1.82) is 0 Å². The normalized spacial score (nSPS) is 20.2. The molecule has 6 N–H and O–H groups in total. The van der Waals surface area contributed by atoms with Gasteiger partial charge in [-0.25, -0.2) is 4.99 Å². The van der Waals surface area contributed by atoms with Crippen LogP contribution in [-0.4, -0.2) is 41.1 Å². The summed E-state index contributed by atoms with van der Waals surface area (Å²) in [6.45, 7) is 7.72. The maximum absolute atomic E-state index is 14.3. The minimum atomic E-state index is -0.509. The van der Waals surface area contributed by atoms with Crippen LogP contribution in [-0.2, 0) is 0 Å². The maximum Gasteiger partial charge on any atom is 0.384 e. The molecule has 0 radical (unpaired) electrons. The molecule has 2 atom stereocenters. The van der Waals surface area contributed by atoms with Gasteiger partial charge in [-0.15, -0.1) is 4.52 Å². The number of pyridine rings is 1. The Kier molecular flexibility index (Phi) is 5.25. The average molecular weight is 432 g/mol. The van der Waals surface area contributed by atoms with Gasteiger partial charge in [0.15, 0.2) is 0 Å². The summed E-state index contributed by atoms with van der Waals surface area (Å²) in [4.78, 5) is 10.7. The summed E-state index contributed by atoms with van der Waals surface area (Å²) in [6.07, 6.45) is 1.60. The van der Waals surface area contributed by atoms with Gasteiger partial charge in [0.1, 0.15) is 17.7 Å². The topological polar surface area (TPSA) is 112 Å². The van der Waals surface area contributed by atoms with Gasteiger partial charge < -0.3 is 21.7 Å². The lowest BCUT2D eigenvalue weighted by atomic mass is 10.1. The molecule has 1 saturated heterocycles. The Labute approximate surface area is 178 Å². The summed E-state index contributed by atoms with van der Waals surface area (Å²) in [6, 6.07) is 5.68. The molecule has 10 heteroatoms. The molecule has 0 amide bonds. The number of nitrogens with one attached hydrogen (secondary N) is 2. The molecule has 1 aromatic carbocycles. The number of hydrogen-bond acceptors (Lipinski definition) is 5. The smallest absolute Gasteiger partial charge is 0.384 e. The van der Waals surface area contributed by atoms with E-state index in [1.807, 2.05) is 12.1 Å². The van der Waals surface area contributed by atoms with E-state index in [0.29, 0.717) is 39.9 Å². The first kappa shape index (κ1) is 20.4. The van der Waals surface area contributed by atoms with Crippen molar-refractivity contribution in [2.75, 3.05) is 23.7 Å². The lowest BCUT2D eigenvalue weighted by Crippen LogP contribution is -2.54. The number of halogens is 2. The second-order valence-electron chi connectivity index (χ2n) is 7.81. The van der Waals surface area contributed by atoms with Gasteiger partial charge in [-0.05, 0) is 31.0 Å². The number of benzene rings is 1. The lowest BCUT2D eigenvalue weighted by molar-refractivity contribution is -0.578. The molecule has 1 aliphatic heterocycles. The number of aryl methyl sites for hydroxylation is 1. The third-order valence-electron chi connectivity index (χ3n) is 5.07. The second-order valence-corrected chi connectivity index (χ2v) is 8.22. The first-order valence-electron chi connectivity index (χ1n) is 9.73. The molecule has 4 rings (SSSR count). The molecule has 2 unspecified atom stereocenters. The Bertz CT molecular complexity index is 1110. The number of hydrogen-bond donors (Lipinski definition) is 4. The predicted molar refractivity (Wildman–Crippen MR) is 117 cm³/mol. The van der Waals surface area contributed by atoms with Crippen molar-refractivity contribution < 1.29 is 8.91 Å². The molecule has 30 heavy (non-hydrogen) atoms. The minimum Gasteiger partial charge on any atom is -0.398 e. The molecule has 0 aliphatic carbocycles. The van der Waals surface area contributed by atoms with Crippen molar-refractivity contribution in [2.45, 2.75) is 32.9 Å². The van der Waals surface area contributed by atoms with Crippen molar-refractivity contribution in [2.24, 2.45) is 10.7 Å². The molecule has 1 fully saturated rings. The molecule has 0 saturated carbocycles. The van der Waals surface area contributed by atoms with E-state index < -0.39 is 5.82 Å². The Morgan fingerprint density at radius 1 is 1.30 bits per heavy atom. The van der Waals surface area contributed by atoms with Crippen LogP contribution in [0.5, 0.6) is 0 Å². The van der Waals surface area contributed by atoms with E-state index >= 15 is 0 Å². The Hall–Kier alpha value is -2.91. The van der Waals surface area contributed by atoms with Gasteiger partial charge in [0.25, 0.3) is 0 Å². The van der Waals surface area contributed by atoms with Gasteiger partial charge >= 0.3 is 5.65 Å². The molecule has 1 aliphatic rings. The summed E-state index contributed by atoms with van der Waals surface area (Å²) in [7, 11) is 0. The van der Waals surface area contributed by atoms with Crippen molar-refractivity contribution in [3.63, 3.8) is 0 Å². The van der Waals surface area contributed by atoms with Gasteiger partial charge in [-0.2, -0.15) is 9.49 Å². The predicted octanol–water partition coefficient (Wildman–Crippen LogP) is 2.06. The zero-order valence-electron chi connectivity index (χ0n) is 17.1. The van der Waals surface area contributed by atoms with Crippen LogP contribution >= 0.6 is 11.6 Å². The van der Waals surface area contributed by atoms with Crippen LogP contribution in [0.4, 0.5) is 21.5 Å². The van der Waals surface area contributed by atoms with Gasteiger partial charge in [-0.1, -0.05) is 11.6 Å².